The summed E-state index contributed by atoms with van der Waals surface area (Å²) in [5, 5.41) is 2.28. The molecule has 2 aromatic carbocycles. The smallest absolute Gasteiger partial charge is 0.345 e. The van der Waals surface area contributed by atoms with Crippen LogP contribution in [0.2, 0.25) is 5.02 Å². The molecule has 5 heteroatoms. The highest BCUT2D eigenvalue weighted by atomic mass is 35.5. The van der Waals surface area contributed by atoms with Crippen molar-refractivity contribution in [1.82, 2.24) is 9.38 Å². The molecule has 4 rings (SSSR count). The number of carbonyl (C=O) groups excluding carboxylic acids is 1. The lowest BCUT2D eigenvalue weighted by molar-refractivity contribution is 0.0736. The molecule has 0 fully saturated rings. The van der Waals surface area contributed by atoms with Crippen LogP contribution >= 0.6 is 11.6 Å². The van der Waals surface area contributed by atoms with Gasteiger partial charge in [-0.05, 0) is 24.3 Å². The fourth-order valence-electron chi connectivity index (χ4n) is 2.52. The Kier molecular flexibility index (Phi) is 3.24. The molecule has 0 bridgehead atoms. The Hall–Kier alpha value is -2.85. The highest BCUT2D eigenvalue weighted by Gasteiger charge is 2.13. The van der Waals surface area contributed by atoms with Crippen molar-refractivity contribution in [3.8, 4) is 5.75 Å². The third-order valence-electron chi connectivity index (χ3n) is 3.66. The summed E-state index contributed by atoms with van der Waals surface area (Å²) >= 11 is 6.18. The number of hydrogen-bond acceptors (Lipinski definition) is 3. The fourth-order valence-corrected chi connectivity index (χ4v) is 2.75. The maximum Gasteiger partial charge on any atom is 0.345 e. The number of pyridine rings is 1. The summed E-state index contributed by atoms with van der Waals surface area (Å²) in [5.74, 6) is 0.0637. The molecule has 2 heterocycles. The van der Waals surface area contributed by atoms with E-state index in [1.165, 1.54) is 0 Å². The lowest BCUT2D eigenvalue weighted by atomic mass is 10.1. The lowest BCUT2D eigenvalue weighted by Crippen LogP contribution is -2.09. The van der Waals surface area contributed by atoms with Crippen molar-refractivity contribution in [3.63, 3.8) is 0 Å². The van der Waals surface area contributed by atoms with Crippen LogP contribution in [0.25, 0.3) is 16.4 Å². The normalized spacial score (nSPS) is 11.0. The third-order valence-corrected chi connectivity index (χ3v) is 3.99. The predicted octanol–water partition coefficient (Wildman–Crippen LogP) is 4.36. The quantitative estimate of drug-likeness (QED) is 0.407. The van der Waals surface area contributed by atoms with Crippen LogP contribution in [0.1, 0.15) is 10.4 Å². The van der Waals surface area contributed by atoms with Crippen molar-refractivity contribution in [2.24, 2.45) is 0 Å². The number of fused-ring (bicyclic) bond motifs is 2. The summed E-state index contributed by atoms with van der Waals surface area (Å²) in [6.45, 7) is 0. The average molecular weight is 323 g/mol. The number of esters is 1. The Bertz CT molecular complexity index is 1040. The first kappa shape index (κ1) is 13.8. The highest BCUT2D eigenvalue weighted by molar-refractivity contribution is 6.35. The zero-order valence-corrected chi connectivity index (χ0v) is 12.7. The standard InChI is InChI=1S/C18H11ClN2O2/c19-15-6-7-16(14-4-2-1-3-13(14)15)23-18(22)12-5-8-17-20-9-10-21(17)11-12/h1-11H. The molecular weight excluding hydrogens is 312 g/mol. The van der Waals surface area contributed by atoms with E-state index in [9.17, 15) is 4.79 Å². The molecule has 0 N–H and O–H groups in total. The Balaban J connectivity index is 1.72. The fraction of sp³-hybridized carbons (Fsp3) is 0. The van der Waals surface area contributed by atoms with Crippen molar-refractivity contribution in [2.45, 2.75) is 0 Å². The van der Waals surface area contributed by atoms with Gasteiger partial charge in [0.25, 0.3) is 0 Å². The topological polar surface area (TPSA) is 43.6 Å². The second-order valence-electron chi connectivity index (χ2n) is 5.09. The number of imidazole rings is 1. The first-order valence-corrected chi connectivity index (χ1v) is 7.42. The Morgan fingerprint density at radius 3 is 2.74 bits per heavy atom. The van der Waals surface area contributed by atoms with Gasteiger partial charge in [-0.2, -0.15) is 0 Å². The van der Waals surface area contributed by atoms with Crippen molar-refractivity contribution < 1.29 is 9.53 Å². The van der Waals surface area contributed by atoms with E-state index in [4.69, 9.17) is 16.3 Å². The summed E-state index contributed by atoms with van der Waals surface area (Å²) in [6.07, 6.45) is 5.16. The van der Waals surface area contributed by atoms with Gasteiger partial charge in [0, 0.05) is 34.4 Å². The Labute approximate surface area is 136 Å². The molecule has 0 amide bonds. The summed E-state index contributed by atoms with van der Waals surface area (Å²) in [6, 6.07) is 14.5. The first-order chi connectivity index (χ1) is 11.2. The van der Waals surface area contributed by atoms with Gasteiger partial charge < -0.3 is 9.14 Å². The minimum atomic E-state index is -0.423. The van der Waals surface area contributed by atoms with Crippen LogP contribution in [0.3, 0.4) is 0 Å². The Morgan fingerprint density at radius 2 is 1.87 bits per heavy atom. The molecule has 4 aromatic rings. The van der Waals surface area contributed by atoms with Gasteiger partial charge >= 0.3 is 5.97 Å². The van der Waals surface area contributed by atoms with Crippen molar-refractivity contribution in [3.05, 3.63) is 77.7 Å². The number of rotatable bonds is 2. The van der Waals surface area contributed by atoms with E-state index in [0.29, 0.717) is 16.3 Å². The van der Waals surface area contributed by atoms with Crippen LogP contribution in [0.4, 0.5) is 0 Å². The first-order valence-electron chi connectivity index (χ1n) is 7.04. The summed E-state index contributed by atoms with van der Waals surface area (Å²) < 4.78 is 7.34. The van der Waals surface area contributed by atoms with Crippen LogP contribution in [0.5, 0.6) is 5.75 Å². The van der Waals surface area contributed by atoms with Gasteiger partial charge in [-0.3, -0.25) is 0 Å². The molecule has 0 spiro atoms. The van der Waals surface area contributed by atoms with Crippen molar-refractivity contribution in [1.29, 1.82) is 0 Å². The van der Waals surface area contributed by atoms with Crippen LogP contribution in [-0.2, 0) is 0 Å². The van der Waals surface area contributed by atoms with Crippen molar-refractivity contribution >= 4 is 34.0 Å². The van der Waals surface area contributed by atoms with E-state index in [2.05, 4.69) is 4.98 Å². The molecule has 23 heavy (non-hydrogen) atoms. The number of hydrogen-bond donors (Lipinski definition) is 0. The van der Waals surface area contributed by atoms with Gasteiger partial charge in [-0.25, -0.2) is 9.78 Å². The van der Waals surface area contributed by atoms with Gasteiger partial charge in [-0.15, -0.1) is 0 Å². The van der Waals surface area contributed by atoms with Gasteiger partial charge in [0.2, 0.25) is 0 Å². The van der Waals surface area contributed by atoms with Crippen LogP contribution in [-0.4, -0.2) is 15.4 Å². The average Bonchev–Trinajstić information content (AvgIpc) is 3.05. The largest absolute Gasteiger partial charge is 0.422 e. The number of benzene rings is 2. The maximum absolute atomic E-state index is 12.4. The Morgan fingerprint density at radius 1 is 1.04 bits per heavy atom. The number of nitrogens with zero attached hydrogens (tertiary/aromatic N) is 2. The molecule has 0 radical (unpaired) electrons. The van der Waals surface area contributed by atoms with E-state index in [-0.39, 0.29) is 0 Å². The zero-order valence-electron chi connectivity index (χ0n) is 11.9. The molecule has 0 aliphatic heterocycles. The molecule has 0 aliphatic rings. The van der Waals surface area contributed by atoms with Crippen LogP contribution < -0.4 is 4.74 Å². The van der Waals surface area contributed by atoms with Crippen LogP contribution in [0, 0.1) is 0 Å². The second kappa shape index (κ2) is 5.41. The number of ether oxygens (including phenoxy) is 1. The monoisotopic (exact) mass is 322 g/mol. The van der Waals surface area contributed by atoms with Gasteiger partial charge in [-0.1, -0.05) is 35.9 Å². The molecule has 112 valence electrons. The molecule has 0 saturated carbocycles. The maximum atomic E-state index is 12.4. The molecule has 0 unspecified atom stereocenters. The minimum absolute atomic E-state index is 0.423. The van der Waals surface area contributed by atoms with Gasteiger partial charge in [0.05, 0.1) is 5.56 Å². The zero-order chi connectivity index (χ0) is 15.8. The van der Waals surface area contributed by atoms with E-state index >= 15 is 0 Å². The molecule has 4 nitrogen and oxygen atoms in total. The minimum Gasteiger partial charge on any atom is -0.422 e. The summed E-state index contributed by atoms with van der Waals surface area (Å²) in [4.78, 5) is 16.6. The van der Waals surface area contributed by atoms with E-state index < -0.39 is 5.97 Å². The summed E-state index contributed by atoms with van der Waals surface area (Å²) in [5.41, 5.74) is 1.23. The highest BCUT2D eigenvalue weighted by Crippen LogP contribution is 2.31. The van der Waals surface area contributed by atoms with Gasteiger partial charge in [0.1, 0.15) is 11.4 Å². The van der Waals surface area contributed by atoms with E-state index in [0.717, 1.165) is 16.4 Å². The SMILES string of the molecule is O=C(Oc1ccc(Cl)c2ccccc12)c1ccc2nccn2c1. The number of carbonyl (C=O) groups is 1. The van der Waals surface area contributed by atoms with Gasteiger partial charge in [0.15, 0.2) is 0 Å². The number of aromatic nitrogens is 2. The lowest BCUT2D eigenvalue weighted by Gasteiger charge is -2.09. The molecule has 2 aromatic heterocycles. The van der Waals surface area contributed by atoms with Crippen LogP contribution in [0.15, 0.2) is 67.1 Å². The number of halogens is 1. The molecule has 0 aliphatic carbocycles. The second-order valence-corrected chi connectivity index (χ2v) is 5.50. The molecular formula is C18H11ClN2O2. The van der Waals surface area contributed by atoms with Crippen molar-refractivity contribution in [2.75, 3.05) is 0 Å². The van der Waals surface area contributed by atoms with E-state index in [1.54, 1.807) is 47.3 Å². The summed E-state index contributed by atoms with van der Waals surface area (Å²) in [7, 11) is 0. The third kappa shape index (κ3) is 2.43. The molecule has 0 atom stereocenters. The molecule has 0 saturated heterocycles. The predicted molar refractivity (Wildman–Crippen MR) is 89.1 cm³/mol. The van der Waals surface area contributed by atoms with E-state index in [1.807, 2.05) is 24.3 Å².